The molecular weight excluding hydrogens is 514 g/mol. The van der Waals surface area contributed by atoms with Crippen LogP contribution < -0.4 is 9.46 Å². The number of likely N-dealkylation sites (tertiary alicyclic amines) is 1. The maximum Gasteiger partial charge on any atom is 0.240 e. The third-order valence-corrected chi connectivity index (χ3v) is 9.69. The fraction of sp³-hybridized carbons (Fsp3) is 0.533. The van der Waals surface area contributed by atoms with Gasteiger partial charge in [0, 0.05) is 26.6 Å². The molecule has 0 bridgehead atoms. The van der Waals surface area contributed by atoms with Crippen LogP contribution in [0.1, 0.15) is 56.1 Å². The van der Waals surface area contributed by atoms with Crippen molar-refractivity contribution >= 4 is 21.8 Å². The normalized spacial score (nSPS) is 18.9. The van der Waals surface area contributed by atoms with Gasteiger partial charge in [0.05, 0.1) is 16.9 Å². The number of para-hydroxylation sites is 1. The highest BCUT2D eigenvalue weighted by atomic mass is 32.2. The monoisotopic (exact) mass is 555 g/mol. The maximum absolute atomic E-state index is 13.7. The van der Waals surface area contributed by atoms with Gasteiger partial charge in [0.15, 0.2) is 0 Å². The number of fused-ring (bicyclic) bond motifs is 1. The van der Waals surface area contributed by atoms with Crippen molar-refractivity contribution in [2.75, 3.05) is 40.3 Å². The molecule has 0 unspecified atom stereocenters. The molecule has 2 aliphatic heterocycles. The minimum absolute atomic E-state index is 0.0772. The Balaban J connectivity index is 1.33. The van der Waals surface area contributed by atoms with Gasteiger partial charge in [-0.2, -0.15) is 0 Å². The largest absolute Gasteiger partial charge is 0.491 e. The van der Waals surface area contributed by atoms with Crippen LogP contribution in [-0.4, -0.2) is 70.4 Å². The molecule has 2 heterocycles. The topological polar surface area (TPSA) is 96.0 Å². The lowest BCUT2D eigenvalue weighted by atomic mass is 9.73. The van der Waals surface area contributed by atoms with E-state index in [4.69, 9.17) is 4.74 Å². The van der Waals surface area contributed by atoms with E-state index < -0.39 is 15.4 Å². The van der Waals surface area contributed by atoms with E-state index in [0.29, 0.717) is 51.9 Å². The van der Waals surface area contributed by atoms with E-state index in [2.05, 4.69) is 10.8 Å². The molecule has 0 atom stereocenters. The molecule has 0 aliphatic carbocycles. The van der Waals surface area contributed by atoms with Gasteiger partial charge in [0.2, 0.25) is 21.8 Å². The minimum atomic E-state index is -3.48. The second kappa shape index (κ2) is 13.0. The summed E-state index contributed by atoms with van der Waals surface area (Å²) in [6.07, 6.45) is 7.21. The molecule has 8 nitrogen and oxygen atoms in total. The molecule has 9 heteroatoms. The summed E-state index contributed by atoms with van der Waals surface area (Å²) in [5.74, 6) is 1.16. The van der Waals surface area contributed by atoms with Gasteiger partial charge in [0.25, 0.3) is 0 Å². The lowest BCUT2D eigenvalue weighted by Crippen LogP contribution is -2.51. The van der Waals surface area contributed by atoms with Crippen LogP contribution >= 0.6 is 0 Å². The van der Waals surface area contributed by atoms with E-state index in [0.717, 1.165) is 43.4 Å². The second-order valence-electron chi connectivity index (χ2n) is 10.8. The molecule has 1 spiro atoms. The molecule has 2 amide bonds. The van der Waals surface area contributed by atoms with Crippen LogP contribution in [0.2, 0.25) is 0 Å². The molecule has 2 aromatic carbocycles. The predicted octanol–water partition coefficient (Wildman–Crippen LogP) is 3.79. The smallest absolute Gasteiger partial charge is 0.240 e. The highest BCUT2D eigenvalue weighted by molar-refractivity contribution is 7.89. The standard InChI is InChI=1S/C30H41N3O5S/c1-31-39(36,37)26-14-11-24(12-15-26)13-16-28(34)33-20-18-30(19-21-33)17-7-3-4-8-25-9-5-6-10-27(25)38-23-22-32(2)29(30)35/h5-6,9-12,14-15,31H,3-4,7-8,13,16-23H2,1-2H3. The van der Waals surface area contributed by atoms with Crippen LogP contribution in [-0.2, 0) is 32.5 Å². The third kappa shape index (κ3) is 7.19. The predicted molar refractivity (Wildman–Crippen MR) is 151 cm³/mol. The SMILES string of the molecule is CNS(=O)(=O)c1ccc(CCC(=O)N2CCC3(CCCCCc4ccccc4OCCN(C)C3=O)CC2)cc1. The van der Waals surface area contributed by atoms with E-state index in [1.165, 1.54) is 12.6 Å². The summed E-state index contributed by atoms with van der Waals surface area (Å²) in [6, 6.07) is 14.8. The molecule has 0 aromatic heterocycles. The molecule has 2 aromatic rings. The van der Waals surface area contributed by atoms with Crippen molar-refractivity contribution < 1.29 is 22.7 Å². The summed E-state index contributed by atoms with van der Waals surface area (Å²) >= 11 is 0. The van der Waals surface area contributed by atoms with Crippen molar-refractivity contribution in [1.29, 1.82) is 0 Å². The van der Waals surface area contributed by atoms with E-state index in [-0.39, 0.29) is 16.7 Å². The lowest BCUT2D eigenvalue weighted by molar-refractivity contribution is -0.148. The molecule has 1 fully saturated rings. The first kappa shape index (κ1) is 29.1. The Morgan fingerprint density at radius 3 is 2.41 bits per heavy atom. The zero-order chi connectivity index (χ0) is 27.9. The summed E-state index contributed by atoms with van der Waals surface area (Å²) in [7, 11) is -0.229. The Labute approximate surface area is 232 Å². The molecule has 4 rings (SSSR count). The van der Waals surface area contributed by atoms with Crippen molar-refractivity contribution in [1.82, 2.24) is 14.5 Å². The van der Waals surface area contributed by atoms with Crippen molar-refractivity contribution in [3.8, 4) is 5.75 Å². The summed E-state index contributed by atoms with van der Waals surface area (Å²) in [5.41, 5.74) is 1.72. The highest BCUT2D eigenvalue weighted by Gasteiger charge is 2.43. The first-order chi connectivity index (χ1) is 18.7. The highest BCUT2D eigenvalue weighted by Crippen LogP contribution is 2.39. The van der Waals surface area contributed by atoms with Gasteiger partial charge in [-0.3, -0.25) is 9.59 Å². The Morgan fingerprint density at radius 2 is 1.69 bits per heavy atom. The molecule has 39 heavy (non-hydrogen) atoms. The van der Waals surface area contributed by atoms with Crippen LogP contribution in [0, 0.1) is 5.41 Å². The summed E-state index contributed by atoms with van der Waals surface area (Å²) in [4.78, 5) is 30.6. The molecule has 2 aliphatic rings. The van der Waals surface area contributed by atoms with E-state index in [9.17, 15) is 18.0 Å². The maximum atomic E-state index is 13.7. The molecule has 212 valence electrons. The number of sulfonamides is 1. The van der Waals surface area contributed by atoms with Gasteiger partial charge in [0.1, 0.15) is 12.4 Å². The zero-order valence-corrected chi connectivity index (χ0v) is 24.0. The summed E-state index contributed by atoms with van der Waals surface area (Å²) < 4.78 is 32.2. The number of hydrogen-bond donors (Lipinski definition) is 1. The van der Waals surface area contributed by atoms with Gasteiger partial charge in [-0.1, -0.05) is 43.2 Å². The van der Waals surface area contributed by atoms with Gasteiger partial charge >= 0.3 is 0 Å². The number of piperidine rings is 1. The van der Waals surface area contributed by atoms with Gasteiger partial charge in [-0.25, -0.2) is 13.1 Å². The number of nitrogens with zero attached hydrogens (tertiary/aromatic N) is 2. The van der Waals surface area contributed by atoms with Gasteiger partial charge in [-0.05, 0) is 74.9 Å². The lowest BCUT2D eigenvalue weighted by Gasteiger charge is -2.42. The summed E-state index contributed by atoms with van der Waals surface area (Å²) in [6.45, 7) is 2.16. The zero-order valence-electron chi connectivity index (χ0n) is 23.2. The first-order valence-corrected chi connectivity index (χ1v) is 15.5. The Morgan fingerprint density at radius 1 is 0.974 bits per heavy atom. The van der Waals surface area contributed by atoms with Crippen LogP contribution in [0.3, 0.4) is 0 Å². The van der Waals surface area contributed by atoms with Crippen molar-refractivity contribution in [2.24, 2.45) is 5.41 Å². The fourth-order valence-corrected chi connectivity index (χ4v) is 6.45. The van der Waals surface area contributed by atoms with Crippen molar-refractivity contribution in [2.45, 2.75) is 62.7 Å². The molecular formula is C30H41N3O5S. The van der Waals surface area contributed by atoms with Gasteiger partial charge in [-0.15, -0.1) is 0 Å². The third-order valence-electron chi connectivity index (χ3n) is 8.26. The number of aryl methyl sites for hydroxylation is 2. The number of rotatable bonds is 5. The Bertz CT molecular complexity index is 1240. The average molecular weight is 556 g/mol. The van der Waals surface area contributed by atoms with Crippen LogP contribution in [0.5, 0.6) is 5.75 Å². The Kier molecular flexibility index (Phi) is 9.67. The molecule has 0 radical (unpaired) electrons. The van der Waals surface area contributed by atoms with Gasteiger partial charge < -0.3 is 14.5 Å². The van der Waals surface area contributed by atoms with Crippen LogP contribution in [0.15, 0.2) is 53.4 Å². The number of nitrogens with one attached hydrogen (secondary N) is 1. The number of ether oxygens (including phenoxy) is 1. The number of amides is 2. The number of carbonyl (C=O) groups excluding carboxylic acids is 2. The number of benzene rings is 2. The fourth-order valence-electron chi connectivity index (χ4n) is 5.72. The second-order valence-corrected chi connectivity index (χ2v) is 12.6. The molecule has 1 saturated heterocycles. The Hall–Kier alpha value is -2.91. The summed E-state index contributed by atoms with van der Waals surface area (Å²) in [5, 5.41) is 0. The van der Waals surface area contributed by atoms with E-state index >= 15 is 0 Å². The number of likely N-dealkylation sites (N-methyl/N-ethyl adjacent to an activating group) is 1. The van der Waals surface area contributed by atoms with Crippen molar-refractivity contribution in [3.05, 3.63) is 59.7 Å². The number of hydrogen-bond acceptors (Lipinski definition) is 5. The minimum Gasteiger partial charge on any atom is -0.491 e. The van der Waals surface area contributed by atoms with Crippen LogP contribution in [0.4, 0.5) is 0 Å². The van der Waals surface area contributed by atoms with E-state index in [1.807, 2.05) is 35.0 Å². The van der Waals surface area contributed by atoms with E-state index in [1.54, 1.807) is 24.3 Å². The number of carbonyl (C=O) groups is 2. The quantitative estimate of drug-likeness (QED) is 0.606. The van der Waals surface area contributed by atoms with Crippen LogP contribution in [0.25, 0.3) is 0 Å². The van der Waals surface area contributed by atoms with Crippen molar-refractivity contribution in [3.63, 3.8) is 0 Å². The average Bonchev–Trinajstić information content (AvgIpc) is 2.97. The molecule has 1 N–H and O–H groups in total. The first-order valence-electron chi connectivity index (χ1n) is 14.0. The molecule has 0 saturated carbocycles.